The molecule has 0 radical (unpaired) electrons. The predicted molar refractivity (Wildman–Crippen MR) is 116 cm³/mol. The molecule has 0 spiro atoms. The van der Waals surface area contributed by atoms with Crippen LogP contribution in [0.5, 0.6) is 0 Å². The quantitative estimate of drug-likeness (QED) is 0.684. The summed E-state index contributed by atoms with van der Waals surface area (Å²) < 4.78 is 5.76. The Morgan fingerprint density at radius 1 is 1.00 bits per heavy atom. The molecule has 1 aliphatic rings. The van der Waals surface area contributed by atoms with E-state index in [0.717, 1.165) is 26.3 Å². The molecular formula is C23H27ClN2O. The van der Waals surface area contributed by atoms with Gasteiger partial charge in [-0.25, -0.2) is 0 Å². The number of hydrogen-bond acceptors (Lipinski definition) is 3. The fraction of sp³-hybridized carbons (Fsp3) is 0.304. The Balaban J connectivity index is 0.00000210. The number of rotatable bonds is 5. The van der Waals surface area contributed by atoms with Crippen molar-refractivity contribution in [2.45, 2.75) is 19.0 Å². The summed E-state index contributed by atoms with van der Waals surface area (Å²) in [5.74, 6) is 0. The van der Waals surface area contributed by atoms with Crippen LogP contribution in [0.1, 0.15) is 18.5 Å². The summed E-state index contributed by atoms with van der Waals surface area (Å²) in [7, 11) is 0. The van der Waals surface area contributed by atoms with Crippen molar-refractivity contribution in [2.75, 3.05) is 31.2 Å². The summed E-state index contributed by atoms with van der Waals surface area (Å²) in [5.41, 5.74) is 2.63. The summed E-state index contributed by atoms with van der Waals surface area (Å²) >= 11 is 0. The van der Waals surface area contributed by atoms with Crippen molar-refractivity contribution in [3.8, 4) is 0 Å². The number of nitrogens with one attached hydrogen (secondary N) is 1. The first-order chi connectivity index (χ1) is 12.8. The van der Waals surface area contributed by atoms with E-state index in [0.29, 0.717) is 12.1 Å². The third-order valence-electron chi connectivity index (χ3n) is 5.26. The molecule has 1 saturated heterocycles. The second kappa shape index (κ2) is 9.23. The molecule has 3 nitrogen and oxygen atoms in total. The molecule has 0 aliphatic carbocycles. The largest absolute Gasteiger partial charge is 0.377 e. The van der Waals surface area contributed by atoms with Crippen molar-refractivity contribution in [2.24, 2.45) is 0 Å². The lowest BCUT2D eigenvalue weighted by atomic mass is 9.99. The Morgan fingerprint density at radius 3 is 2.59 bits per heavy atom. The average molecular weight is 383 g/mol. The first-order valence-electron chi connectivity index (χ1n) is 9.43. The number of fused-ring (bicyclic) bond motifs is 1. The van der Waals surface area contributed by atoms with Crippen molar-refractivity contribution in [1.29, 1.82) is 0 Å². The molecule has 0 aromatic heterocycles. The SMILES string of the molecule is CC(NCC1COCCN1c1ccccc1)c1cccc2ccccc12.Cl. The molecule has 142 valence electrons. The minimum atomic E-state index is 0. The van der Waals surface area contributed by atoms with E-state index in [4.69, 9.17) is 4.74 Å². The Kier molecular flexibility index (Phi) is 6.73. The fourth-order valence-electron chi connectivity index (χ4n) is 3.83. The summed E-state index contributed by atoms with van der Waals surface area (Å²) in [5, 5.41) is 6.36. The maximum atomic E-state index is 5.76. The number of ether oxygens (including phenoxy) is 1. The Morgan fingerprint density at radius 2 is 1.74 bits per heavy atom. The van der Waals surface area contributed by atoms with Gasteiger partial charge in [-0.3, -0.25) is 0 Å². The van der Waals surface area contributed by atoms with Crippen LogP contribution in [-0.4, -0.2) is 32.3 Å². The van der Waals surface area contributed by atoms with Crippen molar-refractivity contribution in [3.63, 3.8) is 0 Å². The number of anilines is 1. The van der Waals surface area contributed by atoms with Gasteiger partial charge in [-0.05, 0) is 35.4 Å². The van der Waals surface area contributed by atoms with E-state index in [1.54, 1.807) is 0 Å². The van der Waals surface area contributed by atoms with Crippen LogP contribution in [-0.2, 0) is 4.74 Å². The highest BCUT2D eigenvalue weighted by Gasteiger charge is 2.23. The molecule has 4 rings (SSSR count). The minimum absolute atomic E-state index is 0. The highest BCUT2D eigenvalue weighted by Crippen LogP contribution is 2.25. The molecule has 4 heteroatoms. The zero-order chi connectivity index (χ0) is 17.8. The summed E-state index contributed by atoms with van der Waals surface area (Å²) in [6.07, 6.45) is 0. The van der Waals surface area contributed by atoms with Gasteiger partial charge in [0.25, 0.3) is 0 Å². The monoisotopic (exact) mass is 382 g/mol. The van der Waals surface area contributed by atoms with Crippen LogP contribution in [0.3, 0.4) is 0 Å². The van der Waals surface area contributed by atoms with Gasteiger partial charge in [0.2, 0.25) is 0 Å². The van der Waals surface area contributed by atoms with Gasteiger partial charge < -0.3 is 15.0 Å². The molecule has 27 heavy (non-hydrogen) atoms. The molecule has 3 aromatic carbocycles. The van der Waals surface area contributed by atoms with E-state index >= 15 is 0 Å². The second-order valence-corrected chi connectivity index (χ2v) is 6.96. The first-order valence-corrected chi connectivity index (χ1v) is 9.43. The van der Waals surface area contributed by atoms with Crippen LogP contribution in [0.15, 0.2) is 72.8 Å². The lowest BCUT2D eigenvalue weighted by Crippen LogP contribution is -2.50. The van der Waals surface area contributed by atoms with Crippen LogP contribution in [0.4, 0.5) is 5.69 Å². The summed E-state index contributed by atoms with van der Waals surface area (Å²) in [4.78, 5) is 2.46. The summed E-state index contributed by atoms with van der Waals surface area (Å²) in [6.45, 7) is 5.66. The number of hydrogen-bond donors (Lipinski definition) is 1. The van der Waals surface area contributed by atoms with Crippen molar-refractivity contribution in [3.05, 3.63) is 78.4 Å². The van der Waals surface area contributed by atoms with E-state index < -0.39 is 0 Å². The van der Waals surface area contributed by atoms with Gasteiger partial charge in [-0.2, -0.15) is 0 Å². The zero-order valence-corrected chi connectivity index (χ0v) is 16.5. The van der Waals surface area contributed by atoms with E-state index in [2.05, 4.69) is 89.9 Å². The maximum absolute atomic E-state index is 5.76. The van der Waals surface area contributed by atoms with Gasteiger partial charge in [0.1, 0.15) is 0 Å². The molecule has 1 aliphatic heterocycles. The number of para-hydroxylation sites is 1. The smallest absolute Gasteiger partial charge is 0.0683 e. The number of benzene rings is 3. The molecule has 1 N–H and O–H groups in total. The third kappa shape index (κ3) is 4.44. The van der Waals surface area contributed by atoms with Gasteiger partial charge in [0, 0.05) is 24.8 Å². The molecule has 0 saturated carbocycles. The van der Waals surface area contributed by atoms with Gasteiger partial charge >= 0.3 is 0 Å². The third-order valence-corrected chi connectivity index (χ3v) is 5.26. The zero-order valence-electron chi connectivity index (χ0n) is 15.7. The normalized spacial score (nSPS) is 18.1. The molecule has 0 bridgehead atoms. The number of nitrogens with zero attached hydrogens (tertiary/aromatic N) is 1. The number of morpholine rings is 1. The highest BCUT2D eigenvalue weighted by atomic mass is 35.5. The van der Waals surface area contributed by atoms with Crippen LogP contribution in [0.25, 0.3) is 10.8 Å². The van der Waals surface area contributed by atoms with Crippen molar-refractivity contribution < 1.29 is 4.74 Å². The lowest BCUT2D eigenvalue weighted by Gasteiger charge is -2.38. The summed E-state index contributed by atoms with van der Waals surface area (Å²) in [6, 6.07) is 26.5. The van der Waals surface area contributed by atoms with Gasteiger partial charge in [-0.1, -0.05) is 60.7 Å². The Hall–Kier alpha value is -2.07. The molecule has 1 heterocycles. The minimum Gasteiger partial charge on any atom is -0.377 e. The first kappa shape index (κ1) is 19.7. The Labute approximate surface area is 167 Å². The fourth-order valence-corrected chi connectivity index (χ4v) is 3.83. The molecule has 1 fully saturated rings. The van der Waals surface area contributed by atoms with Crippen molar-refractivity contribution >= 4 is 28.9 Å². The van der Waals surface area contributed by atoms with Gasteiger partial charge in [-0.15, -0.1) is 12.4 Å². The van der Waals surface area contributed by atoms with Crippen LogP contribution >= 0.6 is 12.4 Å². The standard InChI is InChI=1S/C23H26N2O.ClH/c1-18(22-13-7-9-19-8-5-6-12-23(19)22)24-16-21-17-26-15-14-25(21)20-10-3-2-4-11-20;/h2-13,18,21,24H,14-17H2,1H3;1H. The van der Waals surface area contributed by atoms with E-state index in [1.165, 1.54) is 22.0 Å². The lowest BCUT2D eigenvalue weighted by molar-refractivity contribution is 0.0930. The maximum Gasteiger partial charge on any atom is 0.0683 e. The van der Waals surface area contributed by atoms with Crippen LogP contribution in [0, 0.1) is 0 Å². The average Bonchev–Trinajstić information content (AvgIpc) is 2.72. The van der Waals surface area contributed by atoms with E-state index in [9.17, 15) is 0 Å². The number of halogens is 1. The second-order valence-electron chi connectivity index (χ2n) is 6.96. The Bertz CT molecular complexity index is 850. The van der Waals surface area contributed by atoms with Crippen LogP contribution in [0.2, 0.25) is 0 Å². The molecule has 2 unspecified atom stereocenters. The molecule has 2 atom stereocenters. The van der Waals surface area contributed by atoms with E-state index in [1.807, 2.05) is 0 Å². The molecular weight excluding hydrogens is 356 g/mol. The van der Waals surface area contributed by atoms with Crippen LogP contribution < -0.4 is 10.2 Å². The molecule has 0 amide bonds. The predicted octanol–water partition coefficient (Wildman–Crippen LogP) is 4.82. The van der Waals surface area contributed by atoms with Gasteiger partial charge in [0.05, 0.1) is 19.3 Å². The highest BCUT2D eigenvalue weighted by molar-refractivity contribution is 5.86. The van der Waals surface area contributed by atoms with Gasteiger partial charge in [0.15, 0.2) is 0 Å². The topological polar surface area (TPSA) is 24.5 Å². The molecule has 3 aromatic rings. The van der Waals surface area contributed by atoms with Crippen molar-refractivity contribution in [1.82, 2.24) is 5.32 Å². The van der Waals surface area contributed by atoms with E-state index in [-0.39, 0.29) is 12.4 Å².